The molecular weight excluding hydrogens is 224 g/mol. The van der Waals surface area contributed by atoms with Crippen LogP contribution >= 0.6 is 11.6 Å². The van der Waals surface area contributed by atoms with Gasteiger partial charge in [0.15, 0.2) is 12.0 Å². The van der Waals surface area contributed by atoms with E-state index in [0.29, 0.717) is 23.1 Å². The highest BCUT2D eigenvalue weighted by Crippen LogP contribution is 2.32. The minimum atomic E-state index is 0.258. The molecule has 1 heterocycles. The van der Waals surface area contributed by atoms with Gasteiger partial charge < -0.3 is 10.2 Å². The number of nitrogens with zero attached hydrogens (tertiary/aromatic N) is 1. The van der Waals surface area contributed by atoms with Gasteiger partial charge in [-0.15, -0.1) is 0 Å². The van der Waals surface area contributed by atoms with Crippen LogP contribution in [0.2, 0.25) is 5.02 Å². The second kappa shape index (κ2) is 4.44. The van der Waals surface area contributed by atoms with Crippen molar-refractivity contribution in [2.75, 3.05) is 6.54 Å². The Bertz CT molecular complexity index is 493. The molecule has 16 heavy (non-hydrogen) atoms. The summed E-state index contributed by atoms with van der Waals surface area (Å²) in [4.78, 5) is 4.13. The van der Waals surface area contributed by atoms with Crippen LogP contribution < -0.4 is 5.73 Å². The van der Waals surface area contributed by atoms with Gasteiger partial charge in [-0.1, -0.05) is 25.4 Å². The first-order valence-corrected chi connectivity index (χ1v) is 5.74. The zero-order valence-electron chi connectivity index (χ0n) is 9.40. The minimum Gasteiger partial charge on any atom is -0.443 e. The van der Waals surface area contributed by atoms with Crippen molar-refractivity contribution in [3.63, 3.8) is 0 Å². The van der Waals surface area contributed by atoms with Crippen LogP contribution in [0.4, 0.5) is 0 Å². The summed E-state index contributed by atoms with van der Waals surface area (Å²) in [6.07, 6.45) is 1.43. The number of rotatable bonds is 3. The van der Waals surface area contributed by atoms with E-state index in [4.69, 9.17) is 21.8 Å². The quantitative estimate of drug-likeness (QED) is 0.894. The van der Waals surface area contributed by atoms with E-state index in [1.807, 2.05) is 12.1 Å². The van der Waals surface area contributed by atoms with E-state index in [9.17, 15) is 0 Å². The molecule has 1 aromatic carbocycles. The second-order valence-electron chi connectivity index (χ2n) is 4.28. The van der Waals surface area contributed by atoms with Gasteiger partial charge in [0, 0.05) is 11.1 Å². The summed E-state index contributed by atoms with van der Waals surface area (Å²) in [6.45, 7) is 4.86. The number of fused-ring (bicyclic) bond motifs is 1. The molecule has 0 saturated heterocycles. The first kappa shape index (κ1) is 11.4. The summed E-state index contributed by atoms with van der Waals surface area (Å²) >= 11 is 6.23. The molecule has 1 unspecified atom stereocenters. The molecule has 0 saturated carbocycles. The Morgan fingerprint density at radius 3 is 2.81 bits per heavy atom. The van der Waals surface area contributed by atoms with Crippen molar-refractivity contribution < 1.29 is 4.42 Å². The lowest BCUT2D eigenvalue weighted by Gasteiger charge is -2.20. The third-order valence-corrected chi connectivity index (χ3v) is 3.24. The van der Waals surface area contributed by atoms with Gasteiger partial charge in [-0.05, 0) is 30.0 Å². The van der Waals surface area contributed by atoms with Gasteiger partial charge >= 0.3 is 0 Å². The Balaban J connectivity index is 2.53. The lowest BCUT2D eigenvalue weighted by atomic mass is 9.88. The van der Waals surface area contributed by atoms with Gasteiger partial charge in [0.1, 0.15) is 5.52 Å². The summed E-state index contributed by atoms with van der Waals surface area (Å²) in [5.41, 5.74) is 8.40. The molecule has 0 amide bonds. The topological polar surface area (TPSA) is 52.0 Å². The maximum atomic E-state index is 6.23. The Morgan fingerprint density at radius 1 is 1.44 bits per heavy atom. The van der Waals surface area contributed by atoms with Crippen molar-refractivity contribution in [1.29, 1.82) is 0 Å². The molecule has 3 nitrogen and oxygen atoms in total. The molecule has 0 bridgehead atoms. The fourth-order valence-electron chi connectivity index (χ4n) is 1.94. The molecule has 2 N–H and O–H groups in total. The number of hydrogen-bond donors (Lipinski definition) is 1. The van der Waals surface area contributed by atoms with E-state index in [0.717, 1.165) is 11.1 Å². The summed E-state index contributed by atoms with van der Waals surface area (Å²) in [5.74, 6) is 0.709. The number of halogens is 1. The smallest absolute Gasteiger partial charge is 0.181 e. The van der Waals surface area contributed by atoms with Crippen LogP contribution in [0.1, 0.15) is 25.3 Å². The van der Waals surface area contributed by atoms with Crippen LogP contribution in [0.5, 0.6) is 0 Å². The third-order valence-electron chi connectivity index (χ3n) is 2.91. The lowest BCUT2D eigenvalue weighted by Crippen LogP contribution is -2.18. The number of oxazole rings is 1. The average Bonchev–Trinajstić information content (AvgIpc) is 2.65. The predicted molar refractivity (Wildman–Crippen MR) is 65.7 cm³/mol. The fourth-order valence-corrected chi connectivity index (χ4v) is 2.23. The number of hydrogen-bond acceptors (Lipinski definition) is 3. The number of nitrogens with two attached hydrogens (primary N) is 1. The van der Waals surface area contributed by atoms with Crippen LogP contribution in [0.15, 0.2) is 22.9 Å². The molecule has 86 valence electrons. The van der Waals surface area contributed by atoms with Crippen LogP contribution in [0.25, 0.3) is 11.1 Å². The zero-order chi connectivity index (χ0) is 11.7. The maximum absolute atomic E-state index is 6.23. The standard InChI is InChI=1S/C12H15ClN2O/c1-7(2)9(5-14)8-3-11-12(4-10(8)13)16-6-15-11/h3-4,6-7,9H,5,14H2,1-2H3. The van der Waals surface area contributed by atoms with Crippen molar-refractivity contribution in [1.82, 2.24) is 4.98 Å². The molecule has 1 aromatic heterocycles. The summed E-state index contributed by atoms with van der Waals surface area (Å²) in [7, 11) is 0. The molecule has 0 spiro atoms. The third kappa shape index (κ3) is 1.93. The Kier molecular flexibility index (Phi) is 3.17. The van der Waals surface area contributed by atoms with Gasteiger partial charge in [0.2, 0.25) is 0 Å². The van der Waals surface area contributed by atoms with E-state index < -0.39 is 0 Å². The highest BCUT2D eigenvalue weighted by Gasteiger charge is 2.18. The predicted octanol–water partition coefficient (Wildman–Crippen LogP) is 3.18. The Labute approximate surface area is 99.6 Å². The largest absolute Gasteiger partial charge is 0.443 e. The van der Waals surface area contributed by atoms with E-state index in [1.54, 1.807) is 0 Å². The van der Waals surface area contributed by atoms with Gasteiger partial charge in [0.05, 0.1) is 0 Å². The zero-order valence-corrected chi connectivity index (χ0v) is 10.2. The molecule has 0 fully saturated rings. The van der Waals surface area contributed by atoms with Gasteiger partial charge in [0.25, 0.3) is 0 Å². The average molecular weight is 239 g/mol. The Hall–Kier alpha value is -1.06. The monoisotopic (exact) mass is 238 g/mol. The van der Waals surface area contributed by atoms with Gasteiger partial charge in [-0.25, -0.2) is 4.98 Å². The van der Waals surface area contributed by atoms with Crippen LogP contribution in [0.3, 0.4) is 0 Å². The normalized spacial score (nSPS) is 13.6. The molecule has 0 aliphatic carbocycles. The van der Waals surface area contributed by atoms with Crippen molar-refractivity contribution in [3.8, 4) is 0 Å². The second-order valence-corrected chi connectivity index (χ2v) is 4.69. The van der Waals surface area contributed by atoms with Crippen molar-refractivity contribution in [2.24, 2.45) is 11.7 Å². The van der Waals surface area contributed by atoms with Crippen LogP contribution in [-0.2, 0) is 0 Å². The molecule has 0 radical (unpaired) electrons. The lowest BCUT2D eigenvalue weighted by molar-refractivity contribution is 0.506. The first-order chi connectivity index (χ1) is 7.63. The molecule has 0 aliphatic heterocycles. The van der Waals surface area contributed by atoms with Crippen LogP contribution in [-0.4, -0.2) is 11.5 Å². The SMILES string of the molecule is CC(C)C(CN)c1cc2ncoc2cc1Cl. The van der Waals surface area contributed by atoms with E-state index >= 15 is 0 Å². The molecular formula is C12H15ClN2O. The van der Waals surface area contributed by atoms with E-state index in [1.165, 1.54) is 6.39 Å². The highest BCUT2D eigenvalue weighted by molar-refractivity contribution is 6.32. The molecule has 0 aliphatic rings. The molecule has 2 aromatic rings. The number of benzene rings is 1. The summed E-state index contributed by atoms with van der Waals surface area (Å²) < 4.78 is 5.20. The highest BCUT2D eigenvalue weighted by atomic mass is 35.5. The van der Waals surface area contributed by atoms with Crippen LogP contribution in [0, 0.1) is 5.92 Å². The minimum absolute atomic E-state index is 0.258. The Morgan fingerprint density at radius 2 is 2.19 bits per heavy atom. The molecule has 4 heteroatoms. The first-order valence-electron chi connectivity index (χ1n) is 5.36. The van der Waals surface area contributed by atoms with Crippen molar-refractivity contribution in [2.45, 2.75) is 19.8 Å². The molecule has 1 atom stereocenters. The van der Waals surface area contributed by atoms with E-state index in [2.05, 4.69) is 18.8 Å². The summed E-state index contributed by atoms with van der Waals surface area (Å²) in [5, 5.41) is 0.702. The fraction of sp³-hybridized carbons (Fsp3) is 0.417. The van der Waals surface area contributed by atoms with Crippen molar-refractivity contribution >= 4 is 22.7 Å². The maximum Gasteiger partial charge on any atom is 0.181 e. The summed E-state index contributed by atoms with van der Waals surface area (Å²) in [6, 6.07) is 3.78. The van der Waals surface area contributed by atoms with E-state index in [-0.39, 0.29) is 5.92 Å². The molecule has 2 rings (SSSR count). The van der Waals surface area contributed by atoms with Gasteiger partial charge in [-0.2, -0.15) is 0 Å². The van der Waals surface area contributed by atoms with Crippen molar-refractivity contribution in [3.05, 3.63) is 29.1 Å². The van der Waals surface area contributed by atoms with Gasteiger partial charge in [-0.3, -0.25) is 0 Å². The number of aromatic nitrogens is 1.